The summed E-state index contributed by atoms with van der Waals surface area (Å²) in [6.07, 6.45) is 2.01. The van der Waals surface area contributed by atoms with E-state index in [4.69, 9.17) is 11.6 Å². The van der Waals surface area contributed by atoms with Crippen molar-refractivity contribution >= 4 is 38.6 Å². The van der Waals surface area contributed by atoms with Crippen LogP contribution in [0.4, 0.5) is 0 Å². The number of benzene rings is 2. The zero-order valence-corrected chi connectivity index (χ0v) is 18.7. The lowest BCUT2D eigenvalue weighted by atomic mass is 10.2. The molecule has 2 aromatic carbocycles. The Morgan fingerprint density at radius 1 is 1.26 bits per heavy atom. The van der Waals surface area contributed by atoms with Gasteiger partial charge in [-0.3, -0.25) is 4.79 Å². The van der Waals surface area contributed by atoms with Crippen LogP contribution in [0.2, 0.25) is 5.02 Å². The van der Waals surface area contributed by atoms with Crippen molar-refractivity contribution < 1.29 is 13.2 Å². The molecule has 1 aromatic heterocycles. The number of halogens is 1. The molecule has 2 heterocycles. The number of hydrogen-bond acceptors (Lipinski definition) is 5. The largest absolute Gasteiger partial charge is 0.351 e. The van der Waals surface area contributed by atoms with Gasteiger partial charge in [-0.1, -0.05) is 35.9 Å². The minimum Gasteiger partial charge on any atom is -0.351 e. The summed E-state index contributed by atoms with van der Waals surface area (Å²) in [5, 5.41) is 11.6. The van der Waals surface area contributed by atoms with Crippen molar-refractivity contribution in [3.63, 3.8) is 0 Å². The number of rotatable bonds is 7. The first-order chi connectivity index (χ1) is 14.9. The summed E-state index contributed by atoms with van der Waals surface area (Å²) in [5.41, 5.74) is 2.17. The molecule has 1 aliphatic rings. The Morgan fingerprint density at radius 3 is 2.87 bits per heavy atom. The molecule has 0 bridgehead atoms. The van der Waals surface area contributed by atoms with Gasteiger partial charge in [-0.05, 0) is 55.2 Å². The predicted octanol–water partition coefficient (Wildman–Crippen LogP) is 2.96. The molecule has 0 spiro atoms. The van der Waals surface area contributed by atoms with Crippen molar-refractivity contribution in [1.82, 2.24) is 24.6 Å². The van der Waals surface area contributed by atoms with Crippen LogP contribution in [0.25, 0.3) is 11.0 Å². The summed E-state index contributed by atoms with van der Waals surface area (Å²) < 4.78 is 29.7. The number of fused-ring (bicyclic) bond motifs is 1. The molecule has 1 aliphatic heterocycles. The fourth-order valence-corrected chi connectivity index (χ4v) is 5.76. The van der Waals surface area contributed by atoms with Gasteiger partial charge in [-0.25, -0.2) is 13.1 Å². The molecule has 10 heteroatoms. The zero-order valence-electron chi connectivity index (χ0n) is 17.2. The molecule has 0 radical (unpaired) electrons. The van der Waals surface area contributed by atoms with Crippen LogP contribution in [-0.2, 0) is 27.9 Å². The van der Waals surface area contributed by atoms with Crippen molar-refractivity contribution in [2.75, 3.05) is 6.54 Å². The van der Waals surface area contributed by atoms with Crippen LogP contribution in [0, 0.1) is 0 Å². The molecule has 0 aliphatic carbocycles. The van der Waals surface area contributed by atoms with Crippen molar-refractivity contribution in [2.24, 2.45) is 0 Å². The maximum absolute atomic E-state index is 13.3. The number of hydrogen-bond donors (Lipinski definition) is 1. The van der Waals surface area contributed by atoms with Crippen LogP contribution >= 0.6 is 11.6 Å². The second-order valence-corrected chi connectivity index (χ2v) is 9.91. The lowest BCUT2D eigenvalue weighted by Crippen LogP contribution is -2.45. The summed E-state index contributed by atoms with van der Waals surface area (Å²) in [6.45, 7) is 3.34. The SMILES string of the molecule is CCCn1nnc2cc(S(=O)(=O)N3CCC[C@H]3C(=O)NCc3cccc(Cl)c3)ccc21. The summed E-state index contributed by atoms with van der Waals surface area (Å²) in [6, 6.07) is 11.3. The van der Waals surface area contributed by atoms with E-state index in [2.05, 4.69) is 15.6 Å². The first-order valence-electron chi connectivity index (χ1n) is 10.3. The van der Waals surface area contributed by atoms with Gasteiger partial charge in [0.05, 0.1) is 10.4 Å². The third-order valence-corrected chi connectivity index (χ3v) is 7.53. The average molecular weight is 462 g/mol. The Morgan fingerprint density at radius 2 is 2.10 bits per heavy atom. The summed E-state index contributed by atoms with van der Waals surface area (Å²) in [4.78, 5) is 12.9. The topological polar surface area (TPSA) is 97.2 Å². The maximum atomic E-state index is 13.3. The van der Waals surface area contributed by atoms with E-state index in [0.717, 1.165) is 17.5 Å². The van der Waals surface area contributed by atoms with Gasteiger partial charge < -0.3 is 5.32 Å². The standard InChI is InChI=1S/C21H24ClN5O3S/c1-2-10-26-19-9-8-17(13-18(19)24-25-26)31(29,30)27-11-4-7-20(27)21(28)23-14-15-5-3-6-16(22)12-15/h3,5-6,8-9,12-13,20H,2,4,7,10-11,14H2,1H3,(H,23,28)/t20-/m0/s1. The van der Waals surface area contributed by atoms with E-state index in [0.29, 0.717) is 36.5 Å². The van der Waals surface area contributed by atoms with Gasteiger partial charge in [0.15, 0.2) is 0 Å². The zero-order chi connectivity index (χ0) is 22.0. The van der Waals surface area contributed by atoms with Crippen LogP contribution in [0.5, 0.6) is 0 Å². The number of sulfonamides is 1. The molecule has 4 rings (SSSR count). The summed E-state index contributed by atoms with van der Waals surface area (Å²) in [5.74, 6) is -0.309. The minimum absolute atomic E-state index is 0.123. The van der Waals surface area contributed by atoms with Crippen molar-refractivity contribution in [1.29, 1.82) is 0 Å². The molecule has 8 nitrogen and oxygen atoms in total. The molecule has 1 saturated heterocycles. The smallest absolute Gasteiger partial charge is 0.243 e. The monoisotopic (exact) mass is 461 g/mol. The van der Waals surface area contributed by atoms with Crippen molar-refractivity contribution in [3.05, 3.63) is 53.1 Å². The Bertz CT molecular complexity index is 1210. The van der Waals surface area contributed by atoms with E-state index < -0.39 is 16.1 Å². The van der Waals surface area contributed by atoms with Crippen LogP contribution in [-0.4, -0.2) is 46.2 Å². The van der Waals surface area contributed by atoms with Gasteiger partial charge in [0.2, 0.25) is 15.9 Å². The molecule has 1 amide bonds. The molecular formula is C21H24ClN5O3S. The maximum Gasteiger partial charge on any atom is 0.243 e. The molecule has 1 atom stereocenters. The van der Waals surface area contributed by atoms with Crippen LogP contribution in [0.15, 0.2) is 47.4 Å². The highest BCUT2D eigenvalue weighted by Gasteiger charge is 2.39. The Kier molecular flexibility index (Phi) is 6.27. The first-order valence-corrected chi connectivity index (χ1v) is 12.1. The molecule has 164 valence electrons. The third kappa shape index (κ3) is 4.44. The number of nitrogens with one attached hydrogen (secondary N) is 1. The molecule has 31 heavy (non-hydrogen) atoms. The van der Waals surface area contributed by atoms with Gasteiger partial charge in [0, 0.05) is 24.7 Å². The molecule has 0 unspecified atom stereocenters. The number of carbonyl (C=O) groups is 1. The second-order valence-electron chi connectivity index (χ2n) is 7.58. The number of nitrogens with zero attached hydrogens (tertiary/aromatic N) is 4. The second kappa shape index (κ2) is 8.94. The highest BCUT2D eigenvalue weighted by Crippen LogP contribution is 2.28. The highest BCUT2D eigenvalue weighted by molar-refractivity contribution is 7.89. The van der Waals surface area contributed by atoms with Crippen molar-refractivity contribution in [3.8, 4) is 0 Å². The van der Waals surface area contributed by atoms with E-state index in [9.17, 15) is 13.2 Å². The van der Waals surface area contributed by atoms with E-state index in [1.807, 2.05) is 19.1 Å². The lowest BCUT2D eigenvalue weighted by Gasteiger charge is -2.23. The number of carbonyl (C=O) groups excluding carboxylic acids is 1. The molecule has 0 saturated carbocycles. The van der Waals surface area contributed by atoms with Crippen molar-refractivity contribution in [2.45, 2.75) is 50.2 Å². The van der Waals surface area contributed by atoms with Crippen LogP contribution in [0.3, 0.4) is 0 Å². The number of aryl methyl sites for hydroxylation is 1. The van der Waals surface area contributed by atoms with Gasteiger partial charge in [-0.2, -0.15) is 4.31 Å². The van der Waals surface area contributed by atoms with E-state index >= 15 is 0 Å². The summed E-state index contributed by atoms with van der Waals surface area (Å²) in [7, 11) is -3.84. The highest BCUT2D eigenvalue weighted by atomic mass is 35.5. The Balaban J connectivity index is 1.52. The van der Waals surface area contributed by atoms with Gasteiger partial charge >= 0.3 is 0 Å². The summed E-state index contributed by atoms with van der Waals surface area (Å²) >= 11 is 5.99. The number of aromatic nitrogens is 3. The quantitative estimate of drug-likeness (QED) is 0.583. The molecule has 1 fully saturated rings. The normalized spacial score (nSPS) is 17.3. The first kappa shape index (κ1) is 21.7. The average Bonchev–Trinajstić information content (AvgIpc) is 3.40. The predicted molar refractivity (Wildman–Crippen MR) is 118 cm³/mol. The van der Waals surface area contributed by atoms with Gasteiger partial charge in [-0.15, -0.1) is 5.10 Å². The molecule has 3 aromatic rings. The van der Waals surface area contributed by atoms with Gasteiger partial charge in [0.1, 0.15) is 11.6 Å². The van der Waals surface area contributed by atoms with E-state index in [1.54, 1.807) is 28.9 Å². The fraction of sp³-hybridized carbons (Fsp3) is 0.381. The number of amides is 1. The third-order valence-electron chi connectivity index (χ3n) is 5.39. The minimum atomic E-state index is -3.84. The van der Waals surface area contributed by atoms with Crippen LogP contribution in [0.1, 0.15) is 31.7 Å². The van der Waals surface area contributed by atoms with Crippen LogP contribution < -0.4 is 5.32 Å². The fourth-order valence-electron chi connectivity index (χ4n) is 3.87. The van der Waals surface area contributed by atoms with E-state index in [1.165, 1.54) is 10.4 Å². The molecular weight excluding hydrogens is 438 g/mol. The Labute approximate surface area is 186 Å². The molecule has 1 N–H and O–H groups in total. The van der Waals surface area contributed by atoms with Gasteiger partial charge in [0.25, 0.3) is 0 Å². The lowest BCUT2D eigenvalue weighted by molar-refractivity contribution is -0.124. The Hall–Kier alpha value is -2.49. The van der Waals surface area contributed by atoms with E-state index in [-0.39, 0.29) is 17.3 Å².